The average Bonchev–Trinajstić information content (AvgIpc) is 3.02. The van der Waals surface area contributed by atoms with Crippen LogP contribution < -0.4 is 14.4 Å². The summed E-state index contributed by atoms with van der Waals surface area (Å²) in [6.45, 7) is 6.58. The number of carbonyl (C=O) groups is 2. The molecular weight excluding hydrogens is 645 g/mol. The van der Waals surface area contributed by atoms with Gasteiger partial charge in [-0.05, 0) is 87.9 Å². The lowest BCUT2D eigenvalue weighted by molar-refractivity contribution is -0.140. The summed E-state index contributed by atoms with van der Waals surface area (Å²) in [6, 6.07) is 25.9. The van der Waals surface area contributed by atoms with Gasteiger partial charge in [0.25, 0.3) is 10.0 Å². The smallest absolute Gasteiger partial charge is 0.264 e. The zero-order valence-corrected chi connectivity index (χ0v) is 28.4. The highest BCUT2D eigenvalue weighted by molar-refractivity contribution is 7.92. The topological polar surface area (TPSA) is 96.0 Å². The molecule has 1 atom stereocenters. The fourth-order valence-corrected chi connectivity index (χ4v) is 6.76. The summed E-state index contributed by atoms with van der Waals surface area (Å²) in [5, 5.41) is 3.52. The van der Waals surface area contributed by atoms with Crippen molar-refractivity contribution in [2.75, 3.05) is 10.8 Å². The van der Waals surface area contributed by atoms with Crippen molar-refractivity contribution in [2.45, 2.75) is 57.6 Å². The van der Waals surface area contributed by atoms with E-state index in [1.807, 2.05) is 39.0 Å². The number of ether oxygens (including phenoxy) is 1. The summed E-state index contributed by atoms with van der Waals surface area (Å²) in [4.78, 5) is 29.0. The quantitative estimate of drug-likeness (QED) is 0.157. The van der Waals surface area contributed by atoms with Crippen molar-refractivity contribution >= 4 is 50.7 Å². The molecule has 8 nitrogen and oxygen atoms in total. The number of aryl methyl sites for hydroxylation is 1. The first-order valence-corrected chi connectivity index (χ1v) is 17.1. The van der Waals surface area contributed by atoms with Crippen LogP contribution in [0.3, 0.4) is 0 Å². The van der Waals surface area contributed by atoms with Gasteiger partial charge in [0, 0.05) is 28.2 Å². The molecule has 0 spiro atoms. The Morgan fingerprint density at radius 3 is 1.98 bits per heavy atom. The molecule has 0 saturated carbocycles. The summed E-state index contributed by atoms with van der Waals surface area (Å²) in [6.07, 6.45) is 0.266. The molecule has 0 aromatic heterocycles. The number of benzene rings is 4. The molecule has 4 aromatic carbocycles. The Morgan fingerprint density at radius 1 is 0.826 bits per heavy atom. The third-order valence-electron chi connectivity index (χ3n) is 7.20. The molecule has 0 aliphatic heterocycles. The van der Waals surface area contributed by atoms with Gasteiger partial charge in [-0.25, -0.2) is 8.42 Å². The van der Waals surface area contributed by atoms with Gasteiger partial charge < -0.3 is 15.0 Å². The van der Waals surface area contributed by atoms with Gasteiger partial charge in [0.1, 0.15) is 24.1 Å². The molecule has 0 bridgehead atoms. The number of carbonyl (C=O) groups excluding carboxylic acids is 2. The highest BCUT2D eigenvalue weighted by Crippen LogP contribution is 2.30. The molecule has 0 fully saturated rings. The number of sulfonamides is 1. The number of nitrogens with one attached hydrogen (secondary N) is 1. The molecular formula is C35H37Cl2N3O5S. The van der Waals surface area contributed by atoms with Gasteiger partial charge in [0.05, 0.1) is 10.6 Å². The second-order valence-corrected chi connectivity index (χ2v) is 13.7. The maximum atomic E-state index is 14.3. The number of anilines is 1. The van der Waals surface area contributed by atoms with Crippen LogP contribution in [0.15, 0.2) is 102 Å². The van der Waals surface area contributed by atoms with Crippen LogP contribution in [-0.4, -0.2) is 43.8 Å². The summed E-state index contributed by atoms with van der Waals surface area (Å²) in [7, 11) is -4.24. The van der Waals surface area contributed by atoms with Gasteiger partial charge in [-0.15, -0.1) is 0 Å². The molecule has 4 aromatic rings. The highest BCUT2D eigenvalue weighted by Gasteiger charge is 2.34. The Bertz CT molecular complexity index is 1730. The third-order valence-corrected chi connectivity index (χ3v) is 9.69. The Balaban J connectivity index is 1.76. The minimum atomic E-state index is -4.24. The summed E-state index contributed by atoms with van der Waals surface area (Å²) >= 11 is 13.0. The van der Waals surface area contributed by atoms with Crippen LogP contribution in [0.25, 0.3) is 0 Å². The minimum Gasteiger partial charge on any atom is -0.457 e. The van der Waals surface area contributed by atoms with E-state index in [-0.39, 0.29) is 35.5 Å². The fourth-order valence-electron chi connectivity index (χ4n) is 4.83. The van der Waals surface area contributed by atoms with E-state index in [9.17, 15) is 18.0 Å². The van der Waals surface area contributed by atoms with E-state index < -0.39 is 28.5 Å². The first-order chi connectivity index (χ1) is 21.9. The van der Waals surface area contributed by atoms with Crippen molar-refractivity contribution in [3.8, 4) is 11.5 Å². The number of hydrogen-bond donors (Lipinski definition) is 1. The predicted molar refractivity (Wildman–Crippen MR) is 183 cm³/mol. The number of amides is 2. The zero-order chi connectivity index (χ0) is 33.4. The predicted octanol–water partition coefficient (Wildman–Crippen LogP) is 7.62. The van der Waals surface area contributed by atoms with Crippen LogP contribution in [0.4, 0.5) is 5.69 Å². The number of rotatable bonds is 13. The molecule has 46 heavy (non-hydrogen) atoms. The van der Waals surface area contributed by atoms with E-state index in [0.29, 0.717) is 27.1 Å². The van der Waals surface area contributed by atoms with Crippen LogP contribution in [0.1, 0.15) is 38.3 Å². The molecule has 1 N–H and O–H groups in total. The van der Waals surface area contributed by atoms with Crippen molar-refractivity contribution in [1.82, 2.24) is 10.2 Å². The van der Waals surface area contributed by atoms with Gasteiger partial charge >= 0.3 is 0 Å². The molecule has 0 aliphatic rings. The highest BCUT2D eigenvalue weighted by atomic mass is 35.5. The molecule has 4 rings (SSSR count). The van der Waals surface area contributed by atoms with Crippen LogP contribution in [0.2, 0.25) is 10.0 Å². The lowest BCUT2D eigenvalue weighted by Crippen LogP contribution is -2.53. The molecule has 242 valence electrons. The number of halogens is 2. The zero-order valence-electron chi connectivity index (χ0n) is 26.1. The van der Waals surface area contributed by atoms with Crippen molar-refractivity contribution in [3.63, 3.8) is 0 Å². The van der Waals surface area contributed by atoms with Gasteiger partial charge in [0.15, 0.2) is 0 Å². The van der Waals surface area contributed by atoms with Gasteiger partial charge in [-0.1, -0.05) is 72.1 Å². The van der Waals surface area contributed by atoms with Crippen LogP contribution in [-0.2, 0) is 26.2 Å². The number of para-hydroxylation sites is 1. The maximum Gasteiger partial charge on any atom is 0.264 e. The van der Waals surface area contributed by atoms with E-state index in [4.69, 9.17) is 27.9 Å². The normalized spacial score (nSPS) is 12.0. The molecule has 0 unspecified atom stereocenters. The van der Waals surface area contributed by atoms with Crippen molar-refractivity contribution < 1.29 is 22.7 Å². The van der Waals surface area contributed by atoms with Crippen LogP contribution in [0.5, 0.6) is 11.5 Å². The minimum absolute atomic E-state index is 0.0146. The standard InChI is InChI=1S/C35H37Cl2N3O5S/c1-5-33(35(42)38-24(2)3)39(22-30-31(36)12-9-13-32(30)37)34(41)23-40(46(43,44)29-20-14-25(4)15-21-29)26-16-18-28(19-17-26)45-27-10-7-6-8-11-27/h6-21,24,33H,5,22-23H2,1-4H3,(H,38,42)/t33-/m1/s1. The van der Waals surface area contributed by atoms with E-state index in [1.54, 1.807) is 73.7 Å². The summed E-state index contributed by atoms with van der Waals surface area (Å²) in [5.74, 6) is 0.125. The summed E-state index contributed by atoms with van der Waals surface area (Å²) in [5.41, 5.74) is 1.57. The van der Waals surface area contributed by atoms with Gasteiger partial charge in [-0.2, -0.15) is 0 Å². The molecule has 0 saturated heterocycles. The first-order valence-electron chi connectivity index (χ1n) is 14.9. The third kappa shape index (κ3) is 8.60. The van der Waals surface area contributed by atoms with E-state index in [2.05, 4.69) is 5.32 Å². The van der Waals surface area contributed by atoms with Crippen molar-refractivity contribution in [1.29, 1.82) is 0 Å². The lowest BCUT2D eigenvalue weighted by Gasteiger charge is -2.34. The second-order valence-electron chi connectivity index (χ2n) is 11.0. The molecule has 11 heteroatoms. The SMILES string of the molecule is CC[C@H](C(=O)NC(C)C)N(Cc1c(Cl)cccc1Cl)C(=O)CN(c1ccc(Oc2ccccc2)cc1)S(=O)(=O)c1ccc(C)cc1. The number of nitrogens with zero attached hydrogens (tertiary/aromatic N) is 2. The second kappa shape index (κ2) is 15.5. The van der Waals surface area contributed by atoms with Gasteiger partial charge in [-0.3, -0.25) is 13.9 Å². The first kappa shape index (κ1) is 34.8. The Hall–Kier alpha value is -4.05. The average molecular weight is 683 g/mol. The van der Waals surface area contributed by atoms with E-state index >= 15 is 0 Å². The monoisotopic (exact) mass is 681 g/mol. The lowest BCUT2D eigenvalue weighted by atomic mass is 10.1. The van der Waals surface area contributed by atoms with Crippen LogP contribution in [0, 0.1) is 6.92 Å². The maximum absolute atomic E-state index is 14.3. The Kier molecular flexibility index (Phi) is 11.7. The van der Waals surface area contributed by atoms with Crippen LogP contribution >= 0.6 is 23.2 Å². The molecule has 0 heterocycles. The Morgan fingerprint density at radius 2 is 1.41 bits per heavy atom. The van der Waals surface area contributed by atoms with E-state index in [1.165, 1.54) is 17.0 Å². The molecule has 0 radical (unpaired) electrons. The van der Waals surface area contributed by atoms with Gasteiger partial charge in [0.2, 0.25) is 11.8 Å². The fraction of sp³-hybridized carbons (Fsp3) is 0.257. The molecule has 2 amide bonds. The largest absolute Gasteiger partial charge is 0.457 e. The molecule has 0 aliphatic carbocycles. The summed E-state index contributed by atoms with van der Waals surface area (Å²) < 4.78 is 35.3. The van der Waals surface area contributed by atoms with Crippen molar-refractivity contribution in [3.05, 3.63) is 118 Å². The Labute approximate surface area is 280 Å². The van der Waals surface area contributed by atoms with Crippen molar-refractivity contribution in [2.24, 2.45) is 0 Å². The number of hydrogen-bond acceptors (Lipinski definition) is 5. The van der Waals surface area contributed by atoms with E-state index in [0.717, 1.165) is 9.87 Å².